The number of hydrogen-bond donors (Lipinski definition) is 1. The van der Waals surface area contributed by atoms with Crippen molar-refractivity contribution in [2.75, 3.05) is 0 Å². The van der Waals surface area contributed by atoms with Gasteiger partial charge < -0.3 is 9.84 Å². The molecule has 5 rings (SSSR count). The zero-order valence-corrected chi connectivity index (χ0v) is 32.6. The topological polar surface area (TPSA) is 97.7 Å². The molecule has 0 radical (unpaired) electrons. The third kappa shape index (κ3) is 3.65. The van der Waals surface area contributed by atoms with Crippen LogP contribution < -0.4 is 0 Å². The minimum absolute atomic E-state index is 0.0154. The van der Waals surface area contributed by atoms with Gasteiger partial charge in [0.1, 0.15) is 6.10 Å². The monoisotopic (exact) mass is 918 g/mol. The molecular weight excluding hydrogens is 873 g/mol. The molecule has 0 aromatic carbocycles. The molecule has 8 atom stereocenters. The molecule has 0 aromatic rings. The smallest absolute Gasteiger partial charge is 0.450 e. The lowest BCUT2D eigenvalue weighted by atomic mass is 9.32. The van der Waals surface area contributed by atoms with E-state index in [1.54, 1.807) is 0 Å². The van der Waals surface area contributed by atoms with Gasteiger partial charge in [0.15, 0.2) is 11.6 Å². The molecule has 4 fully saturated rings. The highest BCUT2D eigenvalue weighted by Crippen LogP contribution is 2.84. The second-order valence-corrected chi connectivity index (χ2v) is 21.1. The van der Waals surface area contributed by atoms with Crippen molar-refractivity contribution in [2.45, 2.75) is 130 Å². The normalized spacial score (nSPS) is 47.7. The summed E-state index contributed by atoms with van der Waals surface area (Å²) in [5.74, 6) is -0.789. The van der Waals surface area contributed by atoms with Crippen LogP contribution in [0.2, 0.25) is 0 Å². The molecular formula is C33H45I3O6. The highest BCUT2D eigenvalue weighted by Gasteiger charge is 2.81. The van der Waals surface area contributed by atoms with Crippen molar-refractivity contribution in [2.24, 2.45) is 33.0 Å². The van der Waals surface area contributed by atoms with Gasteiger partial charge in [-0.2, -0.15) is 0 Å². The lowest BCUT2D eigenvalue weighted by molar-refractivity contribution is -0.181. The van der Waals surface area contributed by atoms with E-state index in [4.69, 9.17) is 4.74 Å². The molecule has 0 spiro atoms. The van der Waals surface area contributed by atoms with Crippen LogP contribution in [0.4, 0.5) is 4.79 Å². The van der Waals surface area contributed by atoms with Crippen molar-refractivity contribution in [3.8, 4) is 0 Å². The summed E-state index contributed by atoms with van der Waals surface area (Å²) in [5.41, 5.74) is -0.0517. The molecule has 0 amide bonds. The number of alkyl halides is 3. The van der Waals surface area contributed by atoms with Crippen molar-refractivity contribution in [1.29, 1.82) is 0 Å². The fourth-order valence-corrected chi connectivity index (χ4v) is 16.9. The summed E-state index contributed by atoms with van der Waals surface area (Å²) in [4.78, 5) is 52.0. The molecule has 0 bridgehead atoms. The third-order valence-corrected chi connectivity index (χ3v) is 22.1. The highest BCUT2D eigenvalue weighted by molar-refractivity contribution is 14.1. The molecule has 0 aliphatic heterocycles. The fraction of sp³-hybridized carbons (Fsp3) is 0.818. The summed E-state index contributed by atoms with van der Waals surface area (Å²) in [6.07, 6.45) is 5.15. The van der Waals surface area contributed by atoms with Crippen LogP contribution in [0.5, 0.6) is 0 Å². The number of Topliss-reactive ketones (excluding diaryl/α,β-unsaturated/α-hetero) is 3. The first-order valence-electron chi connectivity index (χ1n) is 15.4. The van der Waals surface area contributed by atoms with E-state index in [1.165, 1.54) is 6.92 Å². The maximum absolute atomic E-state index is 13.8. The predicted molar refractivity (Wildman–Crippen MR) is 188 cm³/mol. The zero-order valence-electron chi connectivity index (χ0n) is 26.1. The Morgan fingerprint density at radius 3 is 1.95 bits per heavy atom. The Kier molecular flexibility index (Phi) is 7.88. The van der Waals surface area contributed by atoms with E-state index in [2.05, 4.69) is 116 Å². The fourth-order valence-electron chi connectivity index (χ4n) is 11.2. The van der Waals surface area contributed by atoms with Gasteiger partial charge in [-0.25, -0.2) is 4.79 Å². The Morgan fingerprint density at radius 2 is 1.40 bits per heavy atom. The van der Waals surface area contributed by atoms with Gasteiger partial charge in [0.2, 0.25) is 5.78 Å². The van der Waals surface area contributed by atoms with E-state index in [0.717, 1.165) is 49.7 Å². The van der Waals surface area contributed by atoms with Crippen molar-refractivity contribution in [1.82, 2.24) is 0 Å². The summed E-state index contributed by atoms with van der Waals surface area (Å²) < 4.78 is 4.81. The molecule has 0 aromatic heterocycles. The molecule has 0 heterocycles. The molecule has 5 aliphatic rings. The Hall–Kier alpha value is 0.210. The van der Waals surface area contributed by atoms with E-state index < -0.39 is 20.8 Å². The van der Waals surface area contributed by atoms with Crippen LogP contribution in [0.15, 0.2) is 11.1 Å². The van der Waals surface area contributed by atoms with Crippen LogP contribution in [0, 0.1) is 33.0 Å². The summed E-state index contributed by atoms with van der Waals surface area (Å²) >= 11 is 8.16. The zero-order chi connectivity index (χ0) is 31.7. The van der Waals surface area contributed by atoms with Crippen molar-refractivity contribution >= 4 is 91.3 Å². The van der Waals surface area contributed by atoms with Gasteiger partial charge >= 0.3 is 6.16 Å². The molecule has 6 nitrogen and oxygen atoms in total. The van der Waals surface area contributed by atoms with Crippen LogP contribution >= 0.6 is 67.8 Å². The average Bonchev–Trinajstić information content (AvgIpc) is 3.21. The molecule has 234 valence electrons. The Morgan fingerprint density at radius 1 is 0.833 bits per heavy atom. The summed E-state index contributed by atoms with van der Waals surface area (Å²) in [6.45, 7) is 17.2. The molecule has 5 aliphatic carbocycles. The first kappa shape index (κ1) is 33.6. The minimum Gasteiger partial charge on any atom is -0.450 e. The van der Waals surface area contributed by atoms with Gasteiger partial charge in [0.25, 0.3) is 0 Å². The molecule has 42 heavy (non-hydrogen) atoms. The standard InChI is InChI=1S/C33H45I3O6/c1-18(2)22-20(38)17-30(24(39)19(3)37)13-11-27(6)28(7)12-15-32(35)26(4,5)21(42-25(40)41)9-10-29(32,8)33(28,36)16-14-31(27,34)23(22)30/h18,21H,9-17H2,1-8H3,(H,40,41)/t21-,27-,28-,29-,30+,31-,32+,33+/m0/s1. The molecule has 9 heteroatoms. The number of rotatable bonds is 4. The SMILES string of the molecule is CC(=O)C(=O)[C@@]12CC[C@@]3(C)[C@]4(C)CC[C@@]5(I)C(C)(C)[C@@H](OC(=O)O)CC[C@]5(C)[C@@]4(I)CC[C@]3(I)C1=C(C(C)C)C(=O)C2. The number of allylic oxidation sites excluding steroid dienone is 2. The van der Waals surface area contributed by atoms with Crippen molar-refractivity contribution in [3.63, 3.8) is 0 Å². The van der Waals surface area contributed by atoms with Crippen LogP contribution in [0.3, 0.4) is 0 Å². The number of carboxylic acid groups (broad SMARTS) is 1. The largest absolute Gasteiger partial charge is 0.506 e. The predicted octanol–water partition coefficient (Wildman–Crippen LogP) is 8.86. The van der Waals surface area contributed by atoms with Gasteiger partial charge in [0, 0.05) is 25.6 Å². The van der Waals surface area contributed by atoms with Gasteiger partial charge in [-0.05, 0) is 84.7 Å². The third-order valence-electron chi connectivity index (χ3n) is 13.8. The number of fused-ring (bicyclic) bond motifs is 7. The van der Waals surface area contributed by atoms with Crippen molar-refractivity contribution in [3.05, 3.63) is 11.1 Å². The van der Waals surface area contributed by atoms with Crippen LogP contribution in [0.25, 0.3) is 0 Å². The average molecular weight is 918 g/mol. The van der Waals surface area contributed by atoms with Crippen LogP contribution in [0.1, 0.15) is 113 Å². The maximum Gasteiger partial charge on any atom is 0.506 e. The minimum atomic E-state index is -1.20. The van der Waals surface area contributed by atoms with E-state index in [9.17, 15) is 24.3 Å². The van der Waals surface area contributed by atoms with E-state index >= 15 is 0 Å². The summed E-state index contributed by atoms with van der Waals surface area (Å²) in [5, 5.41) is 9.56. The lowest BCUT2D eigenvalue weighted by Gasteiger charge is -2.79. The Labute approximate surface area is 291 Å². The summed E-state index contributed by atoms with van der Waals surface area (Å²) in [6, 6.07) is 0. The van der Waals surface area contributed by atoms with Crippen LogP contribution in [-0.4, -0.2) is 45.0 Å². The first-order chi connectivity index (χ1) is 19.1. The number of ether oxygens (including phenoxy) is 1. The molecule has 4 saturated carbocycles. The Balaban J connectivity index is 1.70. The molecule has 1 N–H and O–H groups in total. The van der Waals surface area contributed by atoms with E-state index in [-0.39, 0.29) is 58.5 Å². The van der Waals surface area contributed by atoms with Gasteiger partial charge in [-0.15, -0.1) is 0 Å². The molecule has 0 saturated heterocycles. The van der Waals surface area contributed by atoms with Gasteiger partial charge in [-0.3, -0.25) is 14.4 Å². The lowest BCUT2D eigenvalue weighted by Crippen LogP contribution is -2.79. The second kappa shape index (κ2) is 9.86. The van der Waals surface area contributed by atoms with E-state index in [1.807, 2.05) is 0 Å². The second-order valence-electron chi connectivity index (χ2n) is 15.5. The molecule has 0 unspecified atom stereocenters. The van der Waals surface area contributed by atoms with Gasteiger partial charge in [0.05, 0.1) is 8.84 Å². The Bertz CT molecular complexity index is 1320. The van der Waals surface area contributed by atoms with E-state index in [0.29, 0.717) is 12.8 Å². The first-order valence-corrected chi connectivity index (χ1v) is 18.6. The maximum atomic E-state index is 13.8. The number of carbonyl (C=O) groups excluding carboxylic acids is 3. The highest BCUT2D eigenvalue weighted by atomic mass is 127. The number of carbonyl (C=O) groups is 4. The number of ketones is 3. The van der Waals surface area contributed by atoms with Crippen molar-refractivity contribution < 1.29 is 29.0 Å². The number of hydrogen-bond acceptors (Lipinski definition) is 5. The van der Waals surface area contributed by atoms with Crippen LogP contribution in [-0.2, 0) is 19.1 Å². The quantitative estimate of drug-likeness (QED) is 0.131. The number of halogens is 3. The van der Waals surface area contributed by atoms with Gasteiger partial charge in [-0.1, -0.05) is 116 Å². The summed E-state index contributed by atoms with van der Waals surface area (Å²) in [7, 11) is 0.